The molecule has 0 unspecified atom stereocenters. The highest BCUT2D eigenvalue weighted by molar-refractivity contribution is 5.22. The average Bonchev–Trinajstić information content (AvgIpc) is 3.11. The monoisotopic (exact) mass is 233 g/mol. The second-order valence-corrected chi connectivity index (χ2v) is 5.37. The van der Waals surface area contributed by atoms with Crippen molar-refractivity contribution in [2.75, 3.05) is 7.05 Å². The summed E-state index contributed by atoms with van der Waals surface area (Å²) in [5, 5.41) is 0. The lowest BCUT2D eigenvalue weighted by Crippen LogP contribution is -2.40. The molecule has 92 valence electrons. The molecule has 0 spiro atoms. The van der Waals surface area contributed by atoms with E-state index in [0.29, 0.717) is 6.04 Å². The van der Waals surface area contributed by atoms with E-state index in [0.717, 1.165) is 42.4 Å². The molecule has 0 bridgehead atoms. The third kappa shape index (κ3) is 2.02. The number of hydrogen-bond donors (Lipinski definition) is 1. The van der Waals surface area contributed by atoms with Crippen molar-refractivity contribution in [3.8, 4) is 0 Å². The van der Waals surface area contributed by atoms with Crippen LogP contribution in [0.1, 0.15) is 36.3 Å². The second kappa shape index (κ2) is 3.95. The van der Waals surface area contributed by atoms with Crippen LogP contribution < -0.4 is 5.56 Å². The first-order chi connectivity index (χ1) is 8.15. The number of likely N-dealkylation sites (N-methyl/N-ethyl adjacent to an activating group) is 1. The molecule has 1 saturated carbocycles. The van der Waals surface area contributed by atoms with E-state index < -0.39 is 0 Å². The topological polar surface area (TPSA) is 49.0 Å². The SMILES string of the molecule is Cc1nc2c(c(=O)[nH]1)C[C@H](N(C)C1CC1)CC2. The third-order valence-electron chi connectivity index (χ3n) is 4.07. The van der Waals surface area contributed by atoms with Gasteiger partial charge in [-0.2, -0.15) is 0 Å². The first-order valence-electron chi connectivity index (χ1n) is 6.46. The molecular weight excluding hydrogens is 214 g/mol. The van der Waals surface area contributed by atoms with Crippen LogP contribution >= 0.6 is 0 Å². The normalized spacial score (nSPS) is 23.8. The van der Waals surface area contributed by atoms with E-state index in [4.69, 9.17) is 0 Å². The molecule has 0 aromatic carbocycles. The van der Waals surface area contributed by atoms with Crippen LogP contribution in [0.2, 0.25) is 0 Å². The second-order valence-electron chi connectivity index (χ2n) is 5.37. The Bertz CT molecular complexity index is 490. The molecule has 1 atom stereocenters. The summed E-state index contributed by atoms with van der Waals surface area (Å²) in [4.78, 5) is 21.7. The molecule has 3 rings (SSSR count). The van der Waals surface area contributed by atoms with Crippen LogP contribution in [0.25, 0.3) is 0 Å². The summed E-state index contributed by atoms with van der Waals surface area (Å²) in [7, 11) is 2.20. The van der Waals surface area contributed by atoms with Crippen molar-refractivity contribution in [2.24, 2.45) is 0 Å². The lowest BCUT2D eigenvalue weighted by molar-refractivity contribution is 0.211. The average molecular weight is 233 g/mol. The Hall–Kier alpha value is -1.16. The number of fused-ring (bicyclic) bond motifs is 1. The van der Waals surface area contributed by atoms with Gasteiger partial charge in [-0.3, -0.25) is 4.79 Å². The maximum Gasteiger partial charge on any atom is 0.254 e. The van der Waals surface area contributed by atoms with Crippen molar-refractivity contribution >= 4 is 0 Å². The minimum Gasteiger partial charge on any atom is -0.311 e. The number of hydrogen-bond acceptors (Lipinski definition) is 3. The molecule has 4 nitrogen and oxygen atoms in total. The zero-order valence-electron chi connectivity index (χ0n) is 10.5. The summed E-state index contributed by atoms with van der Waals surface area (Å²) < 4.78 is 0. The van der Waals surface area contributed by atoms with Gasteiger partial charge in [-0.1, -0.05) is 0 Å². The Labute approximate surface area is 101 Å². The van der Waals surface area contributed by atoms with E-state index in [9.17, 15) is 4.79 Å². The highest BCUT2D eigenvalue weighted by atomic mass is 16.1. The highest BCUT2D eigenvalue weighted by Gasteiger charge is 2.33. The van der Waals surface area contributed by atoms with Crippen LogP contribution in [-0.2, 0) is 12.8 Å². The fourth-order valence-electron chi connectivity index (χ4n) is 2.85. The molecular formula is C13H19N3O. The van der Waals surface area contributed by atoms with E-state index in [1.165, 1.54) is 12.8 Å². The standard InChI is InChI=1S/C13H19N3O/c1-8-14-12-6-5-10(16(2)9-3-4-9)7-11(12)13(17)15-8/h9-10H,3-7H2,1-2H3,(H,14,15,17)/t10-/m1/s1. The van der Waals surface area contributed by atoms with Gasteiger partial charge in [0.25, 0.3) is 5.56 Å². The van der Waals surface area contributed by atoms with E-state index in [2.05, 4.69) is 21.9 Å². The van der Waals surface area contributed by atoms with Gasteiger partial charge in [-0.15, -0.1) is 0 Å². The minimum atomic E-state index is 0.0707. The van der Waals surface area contributed by atoms with Crippen LogP contribution in [0.15, 0.2) is 4.79 Å². The van der Waals surface area contributed by atoms with Gasteiger partial charge in [0.2, 0.25) is 0 Å². The molecule has 2 aliphatic carbocycles. The summed E-state index contributed by atoms with van der Waals surface area (Å²) in [5.74, 6) is 0.739. The van der Waals surface area contributed by atoms with E-state index in [-0.39, 0.29) is 5.56 Å². The Balaban J connectivity index is 1.87. The molecule has 1 N–H and O–H groups in total. The van der Waals surface area contributed by atoms with Crippen LogP contribution in [0, 0.1) is 6.92 Å². The summed E-state index contributed by atoms with van der Waals surface area (Å²) in [6.45, 7) is 1.85. The molecule has 1 aromatic rings. The number of H-pyrrole nitrogens is 1. The van der Waals surface area contributed by atoms with Gasteiger partial charge in [0.05, 0.1) is 5.69 Å². The predicted octanol–water partition coefficient (Wildman–Crippen LogP) is 1.03. The molecule has 0 saturated heterocycles. The Morgan fingerprint density at radius 1 is 1.29 bits per heavy atom. The van der Waals surface area contributed by atoms with E-state index in [1.807, 2.05) is 6.92 Å². The van der Waals surface area contributed by atoms with Gasteiger partial charge >= 0.3 is 0 Å². The molecule has 2 aliphatic rings. The number of nitrogens with one attached hydrogen (secondary N) is 1. The van der Waals surface area contributed by atoms with Gasteiger partial charge in [-0.25, -0.2) is 4.98 Å². The molecule has 1 aromatic heterocycles. The van der Waals surface area contributed by atoms with Crippen LogP contribution in [0.4, 0.5) is 0 Å². The van der Waals surface area contributed by atoms with Gasteiger partial charge in [0.15, 0.2) is 0 Å². The fraction of sp³-hybridized carbons (Fsp3) is 0.692. The number of rotatable bonds is 2. The third-order valence-corrected chi connectivity index (χ3v) is 4.07. The predicted molar refractivity (Wildman–Crippen MR) is 66.2 cm³/mol. The van der Waals surface area contributed by atoms with Crippen molar-refractivity contribution in [1.29, 1.82) is 0 Å². The first kappa shape index (κ1) is 11.0. The Kier molecular flexibility index (Phi) is 2.54. The molecule has 0 aliphatic heterocycles. The zero-order valence-corrected chi connectivity index (χ0v) is 10.5. The number of aromatic nitrogens is 2. The fourth-order valence-corrected chi connectivity index (χ4v) is 2.85. The maximum atomic E-state index is 11.9. The van der Waals surface area contributed by atoms with Crippen LogP contribution in [0.3, 0.4) is 0 Å². The van der Waals surface area contributed by atoms with Crippen molar-refractivity contribution in [3.63, 3.8) is 0 Å². The van der Waals surface area contributed by atoms with Gasteiger partial charge in [0.1, 0.15) is 5.82 Å². The largest absolute Gasteiger partial charge is 0.311 e. The van der Waals surface area contributed by atoms with Crippen molar-refractivity contribution in [2.45, 2.75) is 51.1 Å². The number of nitrogens with zero attached hydrogens (tertiary/aromatic N) is 2. The number of aryl methyl sites for hydroxylation is 2. The molecule has 0 amide bonds. The zero-order chi connectivity index (χ0) is 12.0. The number of aromatic amines is 1. The summed E-state index contributed by atoms with van der Waals surface area (Å²) >= 11 is 0. The molecule has 0 radical (unpaired) electrons. The van der Waals surface area contributed by atoms with E-state index in [1.54, 1.807) is 0 Å². The van der Waals surface area contributed by atoms with E-state index >= 15 is 0 Å². The van der Waals surface area contributed by atoms with Crippen molar-refractivity contribution < 1.29 is 0 Å². The Morgan fingerprint density at radius 2 is 2.06 bits per heavy atom. The summed E-state index contributed by atoms with van der Waals surface area (Å²) in [5.41, 5.74) is 2.01. The van der Waals surface area contributed by atoms with Crippen LogP contribution in [-0.4, -0.2) is 34.0 Å². The smallest absolute Gasteiger partial charge is 0.254 e. The van der Waals surface area contributed by atoms with Crippen molar-refractivity contribution in [3.05, 3.63) is 27.4 Å². The van der Waals surface area contributed by atoms with Gasteiger partial charge < -0.3 is 9.88 Å². The molecule has 4 heteroatoms. The molecule has 1 heterocycles. The maximum absolute atomic E-state index is 11.9. The van der Waals surface area contributed by atoms with Gasteiger partial charge in [0, 0.05) is 17.6 Å². The molecule has 1 fully saturated rings. The summed E-state index contributed by atoms with van der Waals surface area (Å²) in [6, 6.07) is 1.29. The lowest BCUT2D eigenvalue weighted by Gasteiger charge is -2.31. The van der Waals surface area contributed by atoms with Gasteiger partial charge in [-0.05, 0) is 46.1 Å². The summed E-state index contributed by atoms with van der Waals surface area (Å²) in [6.07, 6.45) is 5.59. The Morgan fingerprint density at radius 3 is 2.76 bits per heavy atom. The molecule has 17 heavy (non-hydrogen) atoms. The quantitative estimate of drug-likeness (QED) is 0.830. The highest BCUT2D eigenvalue weighted by Crippen LogP contribution is 2.31. The van der Waals surface area contributed by atoms with Crippen molar-refractivity contribution in [1.82, 2.24) is 14.9 Å². The first-order valence-corrected chi connectivity index (χ1v) is 6.46. The van der Waals surface area contributed by atoms with Crippen LogP contribution in [0.5, 0.6) is 0 Å². The minimum absolute atomic E-state index is 0.0707. The lowest BCUT2D eigenvalue weighted by atomic mass is 9.91.